The predicted octanol–water partition coefficient (Wildman–Crippen LogP) is 3.92. The molecule has 1 amide bonds. The number of rotatable bonds is 9. The summed E-state index contributed by atoms with van der Waals surface area (Å²) in [7, 11) is -3.42. The number of piperidine rings is 1. The van der Waals surface area contributed by atoms with Crippen molar-refractivity contribution in [1.82, 2.24) is 9.62 Å². The summed E-state index contributed by atoms with van der Waals surface area (Å²) in [6.45, 7) is 3.70. The van der Waals surface area contributed by atoms with Crippen LogP contribution < -0.4 is 5.32 Å². The van der Waals surface area contributed by atoms with E-state index in [-0.39, 0.29) is 5.91 Å². The van der Waals surface area contributed by atoms with Crippen LogP contribution in [0.3, 0.4) is 0 Å². The molecule has 0 radical (unpaired) electrons. The number of carbonyl (C=O) groups excluding carboxylic acids is 1. The largest absolute Gasteiger partial charge is 0.356 e. The van der Waals surface area contributed by atoms with E-state index in [1.54, 1.807) is 16.4 Å². The number of nitrogens with one attached hydrogen (secondary N) is 1. The van der Waals surface area contributed by atoms with Crippen LogP contribution >= 0.6 is 0 Å². The fraction of sp³-hybridized carbons (Fsp3) is 0.458. The van der Waals surface area contributed by atoms with Crippen LogP contribution in [0.1, 0.15) is 43.2 Å². The molecule has 3 rings (SSSR count). The van der Waals surface area contributed by atoms with Crippen molar-refractivity contribution < 1.29 is 13.2 Å². The molecule has 0 bridgehead atoms. The van der Waals surface area contributed by atoms with E-state index in [9.17, 15) is 13.2 Å². The second-order valence-electron chi connectivity index (χ2n) is 8.14. The van der Waals surface area contributed by atoms with Crippen LogP contribution in [0.2, 0.25) is 0 Å². The van der Waals surface area contributed by atoms with Gasteiger partial charge in [0.2, 0.25) is 15.9 Å². The molecule has 1 heterocycles. The Morgan fingerprint density at radius 3 is 2.37 bits per heavy atom. The lowest BCUT2D eigenvalue weighted by atomic mass is 9.93. The number of carbonyl (C=O) groups is 1. The molecule has 6 heteroatoms. The molecule has 0 aromatic heterocycles. The number of benzene rings is 2. The Balaban J connectivity index is 1.34. The topological polar surface area (TPSA) is 66.5 Å². The fourth-order valence-electron chi connectivity index (χ4n) is 3.89. The molecule has 0 aliphatic carbocycles. The van der Waals surface area contributed by atoms with Gasteiger partial charge in [-0.1, -0.05) is 48.0 Å². The summed E-state index contributed by atoms with van der Waals surface area (Å²) in [6.07, 6.45) is 4.86. The molecular weight excluding hydrogens is 396 g/mol. The van der Waals surface area contributed by atoms with Gasteiger partial charge in [0, 0.05) is 26.1 Å². The highest BCUT2D eigenvalue weighted by molar-refractivity contribution is 7.89. The molecule has 1 N–H and O–H groups in total. The van der Waals surface area contributed by atoms with E-state index in [0.717, 1.165) is 37.7 Å². The lowest BCUT2D eigenvalue weighted by Gasteiger charge is -2.31. The molecule has 2 aromatic rings. The monoisotopic (exact) mass is 428 g/mol. The van der Waals surface area contributed by atoms with Gasteiger partial charge in [0.1, 0.15) is 0 Å². The Labute approximate surface area is 180 Å². The van der Waals surface area contributed by atoms with E-state index in [1.165, 1.54) is 5.56 Å². The molecule has 1 aliphatic heterocycles. The molecule has 2 aromatic carbocycles. The number of nitrogens with zero attached hydrogens (tertiary/aromatic N) is 1. The smallest absolute Gasteiger partial charge is 0.243 e. The number of hydrogen-bond donors (Lipinski definition) is 1. The first-order chi connectivity index (χ1) is 14.4. The summed E-state index contributed by atoms with van der Waals surface area (Å²) >= 11 is 0. The normalized spacial score (nSPS) is 15.8. The van der Waals surface area contributed by atoms with Crippen LogP contribution in [0.15, 0.2) is 59.5 Å². The minimum Gasteiger partial charge on any atom is -0.356 e. The molecule has 5 nitrogen and oxygen atoms in total. The highest BCUT2D eigenvalue weighted by atomic mass is 32.2. The third kappa shape index (κ3) is 6.41. The van der Waals surface area contributed by atoms with E-state index < -0.39 is 10.0 Å². The fourth-order valence-corrected chi connectivity index (χ4v) is 5.36. The lowest BCUT2D eigenvalue weighted by molar-refractivity contribution is -0.121. The Morgan fingerprint density at radius 2 is 1.70 bits per heavy atom. The highest BCUT2D eigenvalue weighted by Gasteiger charge is 2.29. The van der Waals surface area contributed by atoms with Crippen molar-refractivity contribution in [2.75, 3.05) is 19.6 Å². The van der Waals surface area contributed by atoms with Gasteiger partial charge in [-0.2, -0.15) is 4.31 Å². The Bertz CT molecular complexity index is 903. The molecule has 0 saturated carbocycles. The standard InChI is InChI=1S/C24H32N2O3S/c1-20-9-12-23(13-10-20)30(28,29)26-18-15-22(16-19-26)11-14-24(27)25-17-5-8-21-6-3-2-4-7-21/h2-4,6-7,9-10,12-13,22H,5,8,11,14-19H2,1H3,(H,25,27). The molecule has 30 heavy (non-hydrogen) atoms. The van der Waals surface area contributed by atoms with Crippen molar-refractivity contribution in [3.05, 3.63) is 65.7 Å². The molecule has 0 atom stereocenters. The minimum atomic E-state index is -3.42. The highest BCUT2D eigenvalue weighted by Crippen LogP contribution is 2.26. The Kier molecular flexibility index (Phi) is 8.05. The van der Waals surface area contributed by atoms with E-state index in [1.807, 2.05) is 37.3 Å². The zero-order chi connectivity index (χ0) is 21.4. The van der Waals surface area contributed by atoms with Crippen molar-refractivity contribution in [3.8, 4) is 0 Å². The van der Waals surface area contributed by atoms with Gasteiger partial charge in [0.25, 0.3) is 0 Å². The predicted molar refractivity (Wildman–Crippen MR) is 120 cm³/mol. The van der Waals surface area contributed by atoms with E-state index in [0.29, 0.717) is 36.9 Å². The van der Waals surface area contributed by atoms with Crippen LogP contribution in [0, 0.1) is 12.8 Å². The Hall–Kier alpha value is -2.18. The van der Waals surface area contributed by atoms with Crippen molar-refractivity contribution >= 4 is 15.9 Å². The summed E-state index contributed by atoms with van der Waals surface area (Å²) in [5.41, 5.74) is 2.34. The second-order valence-corrected chi connectivity index (χ2v) is 10.1. The maximum atomic E-state index is 12.8. The maximum absolute atomic E-state index is 12.8. The first-order valence-corrected chi connectivity index (χ1v) is 12.3. The first kappa shape index (κ1) is 22.5. The molecule has 1 fully saturated rings. The summed E-state index contributed by atoms with van der Waals surface area (Å²) < 4.78 is 27.1. The van der Waals surface area contributed by atoms with Gasteiger partial charge in [-0.05, 0) is 62.6 Å². The number of hydrogen-bond acceptors (Lipinski definition) is 3. The third-order valence-corrected chi connectivity index (χ3v) is 7.73. The van der Waals surface area contributed by atoms with E-state index in [4.69, 9.17) is 0 Å². The summed E-state index contributed by atoms with van der Waals surface area (Å²) in [5, 5.41) is 3.01. The summed E-state index contributed by atoms with van der Waals surface area (Å²) in [4.78, 5) is 12.5. The summed E-state index contributed by atoms with van der Waals surface area (Å²) in [6, 6.07) is 17.3. The average molecular weight is 429 g/mol. The molecule has 162 valence electrons. The van der Waals surface area contributed by atoms with Crippen LogP contribution in [0.4, 0.5) is 0 Å². The number of sulfonamides is 1. The third-order valence-electron chi connectivity index (χ3n) is 5.82. The van der Waals surface area contributed by atoms with Gasteiger partial charge in [-0.25, -0.2) is 8.42 Å². The number of amides is 1. The molecule has 0 spiro atoms. The molecular formula is C24H32N2O3S. The Morgan fingerprint density at radius 1 is 1.03 bits per heavy atom. The van der Waals surface area contributed by atoms with Crippen molar-refractivity contribution in [2.24, 2.45) is 5.92 Å². The maximum Gasteiger partial charge on any atom is 0.243 e. The van der Waals surface area contributed by atoms with Gasteiger partial charge in [0.15, 0.2) is 0 Å². The molecule has 1 aliphatic rings. The van der Waals surface area contributed by atoms with E-state index >= 15 is 0 Å². The van der Waals surface area contributed by atoms with Crippen molar-refractivity contribution in [2.45, 2.75) is 50.3 Å². The van der Waals surface area contributed by atoms with Crippen molar-refractivity contribution in [3.63, 3.8) is 0 Å². The van der Waals surface area contributed by atoms with Gasteiger partial charge in [0.05, 0.1) is 4.90 Å². The SMILES string of the molecule is Cc1ccc(S(=O)(=O)N2CCC(CCC(=O)NCCCc3ccccc3)CC2)cc1. The molecule has 1 saturated heterocycles. The zero-order valence-corrected chi connectivity index (χ0v) is 18.5. The van der Waals surface area contributed by atoms with Gasteiger partial charge in [-0.15, -0.1) is 0 Å². The van der Waals surface area contributed by atoms with Crippen LogP contribution in [-0.2, 0) is 21.2 Å². The number of aryl methyl sites for hydroxylation is 2. The first-order valence-electron chi connectivity index (χ1n) is 10.8. The summed E-state index contributed by atoms with van der Waals surface area (Å²) in [5.74, 6) is 0.502. The molecule has 0 unspecified atom stereocenters. The quantitative estimate of drug-likeness (QED) is 0.616. The van der Waals surface area contributed by atoms with Crippen molar-refractivity contribution in [1.29, 1.82) is 0 Å². The zero-order valence-electron chi connectivity index (χ0n) is 17.7. The van der Waals surface area contributed by atoms with Gasteiger partial charge < -0.3 is 5.32 Å². The second kappa shape index (κ2) is 10.7. The minimum absolute atomic E-state index is 0.0952. The van der Waals surface area contributed by atoms with Crippen LogP contribution in [0.25, 0.3) is 0 Å². The van der Waals surface area contributed by atoms with Crippen LogP contribution in [0.5, 0.6) is 0 Å². The van der Waals surface area contributed by atoms with Gasteiger partial charge >= 0.3 is 0 Å². The average Bonchev–Trinajstić information content (AvgIpc) is 2.76. The van der Waals surface area contributed by atoms with E-state index in [2.05, 4.69) is 17.4 Å². The van der Waals surface area contributed by atoms with Gasteiger partial charge in [-0.3, -0.25) is 4.79 Å². The van der Waals surface area contributed by atoms with Crippen LogP contribution in [-0.4, -0.2) is 38.3 Å². The lowest BCUT2D eigenvalue weighted by Crippen LogP contribution is -2.38.